The summed E-state index contributed by atoms with van der Waals surface area (Å²) in [5, 5.41) is 11.6. The maximum Gasteiger partial charge on any atom is 0.123 e. The van der Waals surface area contributed by atoms with E-state index < -0.39 is 0 Å². The van der Waals surface area contributed by atoms with E-state index in [1.54, 1.807) is 13.1 Å². The van der Waals surface area contributed by atoms with Crippen LogP contribution in [0.1, 0.15) is 18.0 Å². The fourth-order valence-corrected chi connectivity index (χ4v) is 1.44. The lowest BCUT2D eigenvalue weighted by atomic mass is 10.0. The fourth-order valence-electron chi connectivity index (χ4n) is 1.44. The number of halogens is 1. The highest BCUT2D eigenvalue weighted by atomic mass is 19.1. The first-order valence-corrected chi connectivity index (χ1v) is 4.60. The molecule has 0 spiro atoms. The van der Waals surface area contributed by atoms with Gasteiger partial charge in [0.15, 0.2) is 0 Å². The molecule has 1 aromatic rings. The zero-order valence-corrected chi connectivity index (χ0v) is 8.75. The largest absolute Gasteiger partial charge is 0.496 e. The lowest BCUT2D eigenvalue weighted by Gasteiger charge is -2.16. The van der Waals surface area contributed by atoms with Crippen LogP contribution in [0.2, 0.25) is 0 Å². The van der Waals surface area contributed by atoms with Crippen LogP contribution in [0.5, 0.6) is 5.75 Å². The van der Waals surface area contributed by atoms with Gasteiger partial charge in [-0.3, -0.25) is 0 Å². The molecule has 1 aromatic carbocycles. The van der Waals surface area contributed by atoms with Crippen molar-refractivity contribution in [2.75, 3.05) is 14.2 Å². The second kappa shape index (κ2) is 5.32. The van der Waals surface area contributed by atoms with Gasteiger partial charge >= 0.3 is 0 Å². The van der Waals surface area contributed by atoms with Gasteiger partial charge in [-0.25, -0.2) is 4.39 Å². The van der Waals surface area contributed by atoms with Crippen LogP contribution >= 0.6 is 0 Å². The van der Waals surface area contributed by atoms with Gasteiger partial charge in [0, 0.05) is 11.6 Å². The summed E-state index contributed by atoms with van der Waals surface area (Å²) in [5.41, 5.74) is 0.668. The number of nitrogens with one attached hydrogen (secondary N) is 1. The van der Waals surface area contributed by atoms with Crippen molar-refractivity contribution in [1.29, 1.82) is 5.26 Å². The molecular weight excluding hydrogens is 195 g/mol. The molecule has 1 N–H and O–H groups in total. The number of nitriles is 1. The Kier molecular flexibility index (Phi) is 4.07. The summed E-state index contributed by atoms with van der Waals surface area (Å²) in [7, 11) is 3.25. The second-order valence-electron chi connectivity index (χ2n) is 3.09. The van der Waals surface area contributed by atoms with Crippen molar-refractivity contribution in [3.63, 3.8) is 0 Å². The van der Waals surface area contributed by atoms with Gasteiger partial charge in [0.1, 0.15) is 11.6 Å². The summed E-state index contributed by atoms with van der Waals surface area (Å²) in [6.07, 6.45) is 0.274. The van der Waals surface area contributed by atoms with E-state index in [0.29, 0.717) is 11.3 Å². The molecule has 1 unspecified atom stereocenters. The number of hydrogen-bond acceptors (Lipinski definition) is 3. The van der Waals surface area contributed by atoms with E-state index in [2.05, 4.69) is 5.32 Å². The molecule has 0 bridgehead atoms. The van der Waals surface area contributed by atoms with Gasteiger partial charge in [-0.2, -0.15) is 5.26 Å². The molecule has 1 atom stereocenters. The highest BCUT2D eigenvalue weighted by molar-refractivity contribution is 5.36. The van der Waals surface area contributed by atoms with Crippen molar-refractivity contribution in [2.45, 2.75) is 12.5 Å². The molecule has 80 valence electrons. The summed E-state index contributed by atoms with van der Waals surface area (Å²) in [6.45, 7) is 0. The zero-order chi connectivity index (χ0) is 11.3. The molecule has 15 heavy (non-hydrogen) atoms. The average molecular weight is 208 g/mol. The number of benzene rings is 1. The summed E-state index contributed by atoms with van der Waals surface area (Å²) in [6, 6.07) is 6.12. The quantitative estimate of drug-likeness (QED) is 0.823. The highest BCUT2D eigenvalue weighted by Gasteiger charge is 2.14. The minimum atomic E-state index is -0.330. The van der Waals surface area contributed by atoms with Crippen LogP contribution in [-0.2, 0) is 0 Å². The van der Waals surface area contributed by atoms with Gasteiger partial charge < -0.3 is 10.1 Å². The van der Waals surface area contributed by atoms with Gasteiger partial charge in [0.25, 0.3) is 0 Å². The van der Waals surface area contributed by atoms with E-state index in [9.17, 15) is 4.39 Å². The lowest BCUT2D eigenvalue weighted by molar-refractivity contribution is 0.400. The minimum absolute atomic E-state index is 0.208. The molecule has 0 saturated carbocycles. The maximum absolute atomic E-state index is 13.1. The van der Waals surface area contributed by atoms with E-state index in [1.807, 2.05) is 6.07 Å². The van der Waals surface area contributed by atoms with E-state index in [4.69, 9.17) is 10.00 Å². The standard InChI is InChI=1S/C11H13FN2O/c1-14-10(5-6-13)9-7-8(12)3-4-11(9)15-2/h3-4,7,10,14H,5H2,1-2H3. The third kappa shape index (κ3) is 2.67. The Labute approximate surface area is 88.5 Å². The first kappa shape index (κ1) is 11.5. The molecule has 0 radical (unpaired) electrons. The van der Waals surface area contributed by atoms with E-state index in [0.717, 1.165) is 0 Å². The Morgan fingerprint density at radius 3 is 2.87 bits per heavy atom. The van der Waals surface area contributed by atoms with E-state index in [-0.39, 0.29) is 18.3 Å². The number of nitrogens with zero attached hydrogens (tertiary/aromatic N) is 1. The predicted molar refractivity (Wildman–Crippen MR) is 55.0 cm³/mol. The molecular formula is C11H13FN2O. The summed E-state index contributed by atoms with van der Waals surface area (Å²) in [5.74, 6) is 0.259. The second-order valence-corrected chi connectivity index (χ2v) is 3.09. The summed E-state index contributed by atoms with van der Waals surface area (Å²) < 4.78 is 18.2. The Hall–Kier alpha value is -1.60. The molecule has 0 amide bonds. The van der Waals surface area contributed by atoms with Crippen molar-refractivity contribution in [3.05, 3.63) is 29.6 Å². The number of methoxy groups -OCH3 is 1. The van der Waals surface area contributed by atoms with Gasteiger partial charge in [0.05, 0.1) is 19.6 Å². The molecule has 0 aliphatic carbocycles. The van der Waals surface area contributed by atoms with Crippen LogP contribution < -0.4 is 10.1 Å². The molecule has 0 aliphatic rings. The van der Waals surface area contributed by atoms with Crippen LogP contribution in [0.3, 0.4) is 0 Å². The van der Waals surface area contributed by atoms with Crippen molar-refractivity contribution in [1.82, 2.24) is 5.32 Å². The van der Waals surface area contributed by atoms with Crippen LogP contribution in [0, 0.1) is 17.1 Å². The Morgan fingerprint density at radius 2 is 2.33 bits per heavy atom. The molecule has 0 aliphatic heterocycles. The average Bonchev–Trinajstić information content (AvgIpc) is 2.26. The van der Waals surface area contributed by atoms with Gasteiger partial charge in [-0.1, -0.05) is 0 Å². The predicted octanol–water partition coefficient (Wildman–Crippen LogP) is 2.01. The zero-order valence-electron chi connectivity index (χ0n) is 8.75. The van der Waals surface area contributed by atoms with Crippen molar-refractivity contribution < 1.29 is 9.13 Å². The normalized spacial score (nSPS) is 11.9. The van der Waals surface area contributed by atoms with Crippen LogP contribution in [-0.4, -0.2) is 14.2 Å². The number of ether oxygens (including phenoxy) is 1. The lowest BCUT2D eigenvalue weighted by Crippen LogP contribution is -2.16. The number of hydrogen-bond donors (Lipinski definition) is 1. The van der Waals surface area contributed by atoms with Crippen molar-refractivity contribution >= 4 is 0 Å². The van der Waals surface area contributed by atoms with Crippen LogP contribution in [0.15, 0.2) is 18.2 Å². The van der Waals surface area contributed by atoms with Crippen molar-refractivity contribution in [2.24, 2.45) is 0 Å². The van der Waals surface area contributed by atoms with Gasteiger partial charge in [-0.05, 0) is 25.2 Å². The van der Waals surface area contributed by atoms with E-state index >= 15 is 0 Å². The topological polar surface area (TPSA) is 45.0 Å². The SMILES string of the molecule is CNC(CC#N)c1cc(F)ccc1OC. The minimum Gasteiger partial charge on any atom is -0.496 e. The smallest absolute Gasteiger partial charge is 0.123 e. The highest BCUT2D eigenvalue weighted by Crippen LogP contribution is 2.27. The first-order valence-electron chi connectivity index (χ1n) is 4.60. The molecule has 0 fully saturated rings. The van der Waals surface area contributed by atoms with Crippen molar-refractivity contribution in [3.8, 4) is 11.8 Å². The molecule has 4 heteroatoms. The van der Waals surface area contributed by atoms with Crippen LogP contribution in [0.4, 0.5) is 4.39 Å². The summed E-state index contributed by atoms with van der Waals surface area (Å²) >= 11 is 0. The molecule has 0 aromatic heterocycles. The Morgan fingerprint density at radius 1 is 1.60 bits per heavy atom. The third-order valence-corrected chi connectivity index (χ3v) is 2.21. The fraction of sp³-hybridized carbons (Fsp3) is 0.364. The van der Waals surface area contributed by atoms with Gasteiger partial charge in [0.2, 0.25) is 0 Å². The monoisotopic (exact) mass is 208 g/mol. The maximum atomic E-state index is 13.1. The molecule has 0 saturated heterocycles. The molecule has 3 nitrogen and oxygen atoms in total. The molecule has 0 heterocycles. The van der Waals surface area contributed by atoms with E-state index in [1.165, 1.54) is 19.2 Å². The Balaban J connectivity index is 3.09. The van der Waals surface area contributed by atoms with Gasteiger partial charge in [-0.15, -0.1) is 0 Å². The molecule has 1 rings (SSSR count). The number of rotatable bonds is 4. The van der Waals surface area contributed by atoms with Crippen LogP contribution in [0.25, 0.3) is 0 Å². The Bertz CT molecular complexity index is 373. The first-order chi connectivity index (χ1) is 7.22. The third-order valence-electron chi connectivity index (χ3n) is 2.21. The summed E-state index contributed by atoms with van der Waals surface area (Å²) in [4.78, 5) is 0.